The Morgan fingerprint density at radius 3 is 2.45 bits per heavy atom. The average molecular weight is 274 g/mol. The molecule has 0 fully saturated rings. The minimum atomic E-state index is 0.597. The highest BCUT2D eigenvalue weighted by atomic mass is 15.2. The smallest absolute Gasteiger partial charge is 0.0239 e. The fraction of sp³-hybridized carbons (Fsp3) is 0.667. The number of rotatable bonds is 5. The largest absolute Gasteiger partial charge is 0.317 e. The summed E-state index contributed by atoms with van der Waals surface area (Å²) in [5.74, 6) is 0. The van der Waals surface area contributed by atoms with Crippen LogP contribution < -0.4 is 5.32 Å². The summed E-state index contributed by atoms with van der Waals surface area (Å²) in [6.07, 6.45) is 3.67. The van der Waals surface area contributed by atoms with Crippen molar-refractivity contribution >= 4 is 0 Å². The van der Waals surface area contributed by atoms with Crippen molar-refractivity contribution < 1.29 is 0 Å². The molecule has 0 bridgehead atoms. The van der Waals surface area contributed by atoms with E-state index >= 15 is 0 Å². The van der Waals surface area contributed by atoms with Gasteiger partial charge in [-0.05, 0) is 70.7 Å². The molecule has 0 aromatic heterocycles. The van der Waals surface area contributed by atoms with E-state index in [2.05, 4.69) is 63.2 Å². The predicted octanol–water partition coefficient (Wildman–Crippen LogP) is 3.38. The average Bonchev–Trinajstić information content (AvgIpc) is 2.43. The number of hydrogen-bond acceptors (Lipinski definition) is 2. The molecule has 20 heavy (non-hydrogen) atoms. The molecule has 1 aromatic rings. The van der Waals surface area contributed by atoms with Crippen molar-refractivity contribution in [3.05, 3.63) is 34.9 Å². The van der Waals surface area contributed by atoms with E-state index in [9.17, 15) is 0 Å². The number of benzene rings is 1. The first-order valence-corrected chi connectivity index (χ1v) is 8.05. The van der Waals surface area contributed by atoms with Crippen LogP contribution in [-0.2, 0) is 19.4 Å². The number of nitrogens with one attached hydrogen (secondary N) is 1. The molecular weight excluding hydrogens is 244 g/mol. The lowest BCUT2D eigenvalue weighted by Crippen LogP contribution is -2.36. The summed E-state index contributed by atoms with van der Waals surface area (Å²) in [6.45, 7) is 10.2. The van der Waals surface area contributed by atoms with Crippen LogP contribution in [0.15, 0.2) is 18.2 Å². The van der Waals surface area contributed by atoms with Crippen molar-refractivity contribution in [2.75, 3.05) is 7.05 Å². The summed E-state index contributed by atoms with van der Waals surface area (Å²) in [6, 6.07) is 8.98. The van der Waals surface area contributed by atoms with E-state index in [0.29, 0.717) is 18.1 Å². The molecule has 0 spiro atoms. The van der Waals surface area contributed by atoms with Crippen LogP contribution in [-0.4, -0.2) is 30.1 Å². The topological polar surface area (TPSA) is 15.3 Å². The first kappa shape index (κ1) is 15.5. The summed E-state index contributed by atoms with van der Waals surface area (Å²) >= 11 is 0. The van der Waals surface area contributed by atoms with Crippen LogP contribution in [0.5, 0.6) is 0 Å². The third-order valence-corrected chi connectivity index (χ3v) is 4.60. The van der Waals surface area contributed by atoms with Gasteiger partial charge in [-0.1, -0.05) is 18.2 Å². The van der Waals surface area contributed by atoms with Gasteiger partial charge in [-0.25, -0.2) is 0 Å². The zero-order chi connectivity index (χ0) is 14.7. The first-order valence-electron chi connectivity index (χ1n) is 8.05. The zero-order valence-corrected chi connectivity index (χ0v) is 13.7. The third kappa shape index (κ3) is 3.62. The SMILES string of the molecule is CNC1CCc2cc(CN(C(C)C)C(C)C)ccc2C1. The van der Waals surface area contributed by atoms with Crippen LogP contribution >= 0.6 is 0 Å². The van der Waals surface area contributed by atoms with Crippen molar-refractivity contribution in [3.63, 3.8) is 0 Å². The lowest BCUT2D eigenvalue weighted by atomic mass is 9.87. The molecule has 1 aliphatic rings. The van der Waals surface area contributed by atoms with Gasteiger partial charge in [-0.2, -0.15) is 0 Å². The van der Waals surface area contributed by atoms with Gasteiger partial charge < -0.3 is 5.32 Å². The molecule has 1 aromatic carbocycles. The maximum absolute atomic E-state index is 3.41. The third-order valence-electron chi connectivity index (χ3n) is 4.60. The van der Waals surface area contributed by atoms with Crippen molar-refractivity contribution in [1.82, 2.24) is 10.2 Å². The highest BCUT2D eigenvalue weighted by Crippen LogP contribution is 2.24. The van der Waals surface area contributed by atoms with Crippen molar-refractivity contribution in [2.24, 2.45) is 0 Å². The van der Waals surface area contributed by atoms with E-state index in [1.807, 2.05) is 0 Å². The van der Waals surface area contributed by atoms with Gasteiger partial charge >= 0.3 is 0 Å². The molecule has 0 radical (unpaired) electrons. The number of likely N-dealkylation sites (N-methyl/N-ethyl adjacent to an activating group) is 1. The summed E-state index contributed by atoms with van der Waals surface area (Å²) in [5.41, 5.74) is 4.58. The Kier molecular flexibility index (Phi) is 5.22. The summed E-state index contributed by atoms with van der Waals surface area (Å²) < 4.78 is 0. The van der Waals surface area contributed by atoms with Crippen LogP contribution in [0.1, 0.15) is 50.8 Å². The molecule has 0 saturated heterocycles. The number of hydrogen-bond donors (Lipinski definition) is 1. The fourth-order valence-electron chi connectivity index (χ4n) is 3.33. The van der Waals surface area contributed by atoms with Crippen LogP contribution in [0.4, 0.5) is 0 Å². The quantitative estimate of drug-likeness (QED) is 0.885. The van der Waals surface area contributed by atoms with E-state index in [4.69, 9.17) is 0 Å². The van der Waals surface area contributed by atoms with Gasteiger partial charge in [0.15, 0.2) is 0 Å². The minimum Gasteiger partial charge on any atom is -0.317 e. The predicted molar refractivity (Wildman–Crippen MR) is 87.1 cm³/mol. The van der Waals surface area contributed by atoms with Gasteiger partial charge in [0.25, 0.3) is 0 Å². The molecule has 0 heterocycles. The number of fused-ring (bicyclic) bond motifs is 1. The molecule has 0 aliphatic heterocycles. The summed E-state index contributed by atoms with van der Waals surface area (Å²) in [5, 5.41) is 3.41. The lowest BCUT2D eigenvalue weighted by molar-refractivity contribution is 0.166. The molecule has 0 saturated carbocycles. The number of aryl methyl sites for hydroxylation is 1. The molecular formula is C18H30N2. The second kappa shape index (κ2) is 6.73. The normalized spacial score (nSPS) is 18.9. The molecule has 1 N–H and O–H groups in total. The second-order valence-electron chi connectivity index (χ2n) is 6.69. The molecule has 1 unspecified atom stereocenters. The Balaban J connectivity index is 2.11. The van der Waals surface area contributed by atoms with Gasteiger partial charge in [-0.15, -0.1) is 0 Å². The standard InChI is InChI=1S/C18H30N2/c1-13(2)20(14(3)4)12-15-6-7-17-11-18(19-5)9-8-16(17)10-15/h6-7,10,13-14,18-19H,8-9,11-12H2,1-5H3. The monoisotopic (exact) mass is 274 g/mol. The Hall–Kier alpha value is -0.860. The van der Waals surface area contributed by atoms with Crippen LogP contribution in [0.3, 0.4) is 0 Å². The van der Waals surface area contributed by atoms with Gasteiger partial charge in [0.05, 0.1) is 0 Å². The number of nitrogens with zero attached hydrogens (tertiary/aromatic N) is 1. The molecule has 112 valence electrons. The van der Waals surface area contributed by atoms with Gasteiger partial charge in [0, 0.05) is 24.7 Å². The zero-order valence-electron chi connectivity index (χ0n) is 13.7. The first-order chi connectivity index (χ1) is 9.51. The van der Waals surface area contributed by atoms with E-state index < -0.39 is 0 Å². The van der Waals surface area contributed by atoms with E-state index in [0.717, 1.165) is 6.54 Å². The molecule has 2 rings (SSSR count). The second-order valence-corrected chi connectivity index (χ2v) is 6.69. The Morgan fingerprint density at radius 1 is 1.15 bits per heavy atom. The molecule has 1 aliphatic carbocycles. The molecule has 1 atom stereocenters. The van der Waals surface area contributed by atoms with Gasteiger partial charge in [0.1, 0.15) is 0 Å². The van der Waals surface area contributed by atoms with E-state index in [1.54, 1.807) is 11.1 Å². The van der Waals surface area contributed by atoms with Crippen molar-refractivity contribution in [2.45, 2.75) is 71.6 Å². The van der Waals surface area contributed by atoms with Crippen LogP contribution in [0.25, 0.3) is 0 Å². The minimum absolute atomic E-state index is 0.597. The molecule has 2 heteroatoms. The van der Waals surface area contributed by atoms with Crippen LogP contribution in [0, 0.1) is 0 Å². The Morgan fingerprint density at radius 2 is 1.85 bits per heavy atom. The molecule has 0 amide bonds. The van der Waals surface area contributed by atoms with Gasteiger partial charge in [0.2, 0.25) is 0 Å². The Bertz CT molecular complexity index is 429. The lowest BCUT2D eigenvalue weighted by Gasteiger charge is -2.31. The fourth-order valence-corrected chi connectivity index (χ4v) is 3.33. The summed E-state index contributed by atoms with van der Waals surface area (Å²) in [7, 11) is 2.08. The van der Waals surface area contributed by atoms with Crippen LogP contribution in [0.2, 0.25) is 0 Å². The highest BCUT2D eigenvalue weighted by Gasteiger charge is 2.19. The maximum Gasteiger partial charge on any atom is 0.0239 e. The van der Waals surface area contributed by atoms with Crippen molar-refractivity contribution in [1.29, 1.82) is 0 Å². The maximum atomic E-state index is 3.41. The van der Waals surface area contributed by atoms with Crippen molar-refractivity contribution in [3.8, 4) is 0 Å². The highest BCUT2D eigenvalue weighted by molar-refractivity contribution is 5.34. The summed E-state index contributed by atoms with van der Waals surface area (Å²) in [4.78, 5) is 2.56. The van der Waals surface area contributed by atoms with Gasteiger partial charge in [-0.3, -0.25) is 4.90 Å². The van der Waals surface area contributed by atoms with E-state index in [-0.39, 0.29) is 0 Å². The Labute approximate surface area is 124 Å². The van der Waals surface area contributed by atoms with E-state index in [1.165, 1.54) is 24.8 Å². The molecule has 2 nitrogen and oxygen atoms in total.